The highest BCUT2D eigenvalue weighted by Gasteiger charge is 2.50. The second-order valence-corrected chi connectivity index (χ2v) is 9.01. The van der Waals surface area contributed by atoms with Gasteiger partial charge in [0, 0.05) is 48.8 Å². The number of halogens is 3. The zero-order valence-corrected chi connectivity index (χ0v) is 18.1. The Bertz CT molecular complexity index is 1180. The number of nitrogens with zero attached hydrogens (tertiary/aromatic N) is 3. The molecule has 0 aliphatic carbocycles. The molecule has 7 nitrogen and oxygen atoms in total. The number of aliphatic hydroxyl groups is 1. The summed E-state index contributed by atoms with van der Waals surface area (Å²) >= 11 is 0. The molecule has 10 heteroatoms. The number of nitriles is 1. The maximum atomic E-state index is 13.5. The van der Waals surface area contributed by atoms with Crippen molar-refractivity contribution in [2.24, 2.45) is 11.3 Å². The minimum absolute atomic E-state index is 0.110. The van der Waals surface area contributed by atoms with E-state index < -0.39 is 22.7 Å². The molecule has 2 atom stereocenters. The third-order valence-electron chi connectivity index (χ3n) is 7.15. The SMILES string of the molecule is N#Cc1ccc(N2CC3CN(C(=O)c4ccc5c(c4)OCO5)CCC3(CO)C2)cc1C(F)(F)F. The van der Waals surface area contributed by atoms with Crippen LogP contribution in [0, 0.1) is 22.7 Å². The largest absolute Gasteiger partial charge is 0.454 e. The average molecular weight is 473 g/mol. The van der Waals surface area contributed by atoms with E-state index in [0.29, 0.717) is 55.3 Å². The summed E-state index contributed by atoms with van der Waals surface area (Å²) in [7, 11) is 0. The van der Waals surface area contributed by atoms with Crippen LogP contribution in [0.2, 0.25) is 0 Å². The summed E-state index contributed by atoms with van der Waals surface area (Å²) in [6.45, 7) is 1.58. The van der Waals surface area contributed by atoms with Crippen molar-refractivity contribution < 1.29 is 32.5 Å². The topological polar surface area (TPSA) is 86.0 Å². The third-order valence-corrected chi connectivity index (χ3v) is 7.15. The van der Waals surface area contributed by atoms with E-state index in [1.54, 1.807) is 29.2 Å². The number of hydrogen-bond donors (Lipinski definition) is 1. The lowest BCUT2D eigenvalue weighted by molar-refractivity contribution is -0.137. The normalized spacial score (nSPS) is 23.6. The van der Waals surface area contributed by atoms with Crippen molar-refractivity contribution in [2.45, 2.75) is 12.6 Å². The number of amides is 1. The number of carbonyl (C=O) groups is 1. The molecule has 2 unspecified atom stereocenters. The maximum Gasteiger partial charge on any atom is 0.417 e. The van der Waals surface area contributed by atoms with E-state index in [4.69, 9.17) is 14.7 Å². The summed E-state index contributed by atoms with van der Waals surface area (Å²) in [5.74, 6) is 0.817. The van der Waals surface area contributed by atoms with Gasteiger partial charge in [-0.2, -0.15) is 18.4 Å². The number of alkyl halides is 3. The second kappa shape index (κ2) is 8.09. The third kappa shape index (κ3) is 3.70. The number of carbonyl (C=O) groups excluding carboxylic acids is 1. The summed E-state index contributed by atoms with van der Waals surface area (Å²) < 4.78 is 51.0. The van der Waals surface area contributed by atoms with Gasteiger partial charge in [0.25, 0.3) is 5.91 Å². The van der Waals surface area contributed by atoms with Gasteiger partial charge in [0.05, 0.1) is 23.8 Å². The van der Waals surface area contributed by atoms with Crippen LogP contribution in [0.4, 0.5) is 18.9 Å². The van der Waals surface area contributed by atoms with Crippen LogP contribution in [-0.4, -0.2) is 55.5 Å². The molecule has 3 aliphatic heterocycles. The van der Waals surface area contributed by atoms with E-state index in [2.05, 4.69) is 0 Å². The lowest BCUT2D eigenvalue weighted by Gasteiger charge is -2.42. The molecule has 0 spiro atoms. The first kappa shape index (κ1) is 22.3. The minimum Gasteiger partial charge on any atom is -0.454 e. The smallest absolute Gasteiger partial charge is 0.417 e. The first-order chi connectivity index (χ1) is 16.2. The molecule has 0 radical (unpaired) electrons. The van der Waals surface area contributed by atoms with Gasteiger partial charge in [-0.25, -0.2) is 0 Å². The van der Waals surface area contributed by atoms with Gasteiger partial charge in [-0.3, -0.25) is 4.79 Å². The molecule has 1 N–H and O–H groups in total. The Labute approximate surface area is 193 Å². The molecule has 3 aliphatic rings. The monoisotopic (exact) mass is 473 g/mol. The van der Waals surface area contributed by atoms with Gasteiger partial charge >= 0.3 is 6.18 Å². The molecule has 3 heterocycles. The van der Waals surface area contributed by atoms with Crippen LogP contribution in [0.5, 0.6) is 11.5 Å². The number of benzene rings is 2. The molecular weight excluding hydrogens is 451 g/mol. The lowest BCUT2D eigenvalue weighted by Crippen LogP contribution is -2.50. The predicted octanol–water partition coefficient (Wildman–Crippen LogP) is 3.27. The van der Waals surface area contributed by atoms with Crippen molar-refractivity contribution in [1.29, 1.82) is 5.26 Å². The summed E-state index contributed by atoms with van der Waals surface area (Å²) in [6, 6.07) is 10.3. The number of piperidine rings is 1. The second-order valence-electron chi connectivity index (χ2n) is 9.01. The van der Waals surface area contributed by atoms with Gasteiger partial charge in [0.15, 0.2) is 11.5 Å². The number of fused-ring (bicyclic) bond motifs is 2. The zero-order valence-electron chi connectivity index (χ0n) is 18.1. The fraction of sp³-hybridized carbons (Fsp3) is 0.417. The summed E-state index contributed by atoms with van der Waals surface area (Å²) in [4.78, 5) is 16.7. The average Bonchev–Trinajstić information content (AvgIpc) is 3.46. The Morgan fingerprint density at radius 3 is 2.71 bits per heavy atom. The van der Waals surface area contributed by atoms with Gasteiger partial charge in [-0.1, -0.05) is 0 Å². The highest BCUT2D eigenvalue weighted by molar-refractivity contribution is 5.95. The Hall–Kier alpha value is -3.45. The Morgan fingerprint density at radius 1 is 1.18 bits per heavy atom. The van der Waals surface area contributed by atoms with Gasteiger partial charge in [-0.15, -0.1) is 0 Å². The van der Waals surface area contributed by atoms with Crippen molar-refractivity contribution >= 4 is 11.6 Å². The number of ether oxygens (including phenoxy) is 2. The molecule has 2 aromatic carbocycles. The molecule has 2 fully saturated rings. The molecule has 5 rings (SSSR count). The van der Waals surface area contributed by atoms with Crippen LogP contribution in [0.15, 0.2) is 36.4 Å². The lowest BCUT2D eigenvalue weighted by atomic mass is 9.73. The minimum atomic E-state index is -4.64. The molecule has 0 saturated carbocycles. The van der Waals surface area contributed by atoms with E-state index >= 15 is 0 Å². The van der Waals surface area contributed by atoms with Crippen molar-refractivity contribution in [3.8, 4) is 17.6 Å². The molecule has 178 valence electrons. The van der Waals surface area contributed by atoms with Crippen molar-refractivity contribution in [3.63, 3.8) is 0 Å². The summed E-state index contributed by atoms with van der Waals surface area (Å²) in [5.41, 5.74) is -1.09. The first-order valence-electron chi connectivity index (χ1n) is 10.9. The van der Waals surface area contributed by atoms with Crippen molar-refractivity contribution in [2.75, 3.05) is 44.5 Å². The van der Waals surface area contributed by atoms with Crippen LogP contribution in [0.25, 0.3) is 0 Å². The van der Waals surface area contributed by atoms with E-state index in [1.807, 2.05) is 4.90 Å². The first-order valence-corrected chi connectivity index (χ1v) is 10.9. The standard InChI is InChI=1S/C24H22F3N3O4/c25-24(26,27)19-8-18(3-1-16(19)9-28)30-11-17-10-29(6-5-23(17,12-30)13-31)22(32)15-2-4-20-21(7-15)34-14-33-20/h1-4,7-8,17,31H,5-6,10-14H2. The summed E-state index contributed by atoms with van der Waals surface area (Å²) in [6.07, 6.45) is -4.11. The highest BCUT2D eigenvalue weighted by atomic mass is 19.4. The van der Waals surface area contributed by atoms with E-state index in [9.17, 15) is 23.1 Å². The van der Waals surface area contributed by atoms with Crippen LogP contribution < -0.4 is 14.4 Å². The van der Waals surface area contributed by atoms with Crippen molar-refractivity contribution in [1.82, 2.24) is 4.90 Å². The quantitative estimate of drug-likeness (QED) is 0.737. The van der Waals surface area contributed by atoms with Crippen LogP contribution >= 0.6 is 0 Å². The van der Waals surface area contributed by atoms with Crippen LogP contribution in [0.3, 0.4) is 0 Å². The van der Waals surface area contributed by atoms with Crippen LogP contribution in [0.1, 0.15) is 27.9 Å². The van der Waals surface area contributed by atoms with E-state index in [1.165, 1.54) is 12.1 Å². The van der Waals surface area contributed by atoms with Crippen molar-refractivity contribution in [3.05, 3.63) is 53.1 Å². The predicted molar refractivity (Wildman–Crippen MR) is 114 cm³/mol. The van der Waals surface area contributed by atoms with Gasteiger partial charge in [-0.05, 0) is 42.8 Å². The number of aliphatic hydroxyl groups excluding tert-OH is 1. The number of likely N-dealkylation sites (tertiary alicyclic amines) is 1. The fourth-order valence-corrected chi connectivity index (χ4v) is 5.20. The molecule has 2 aromatic rings. The van der Waals surface area contributed by atoms with Crippen LogP contribution in [-0.2, 0) is 6.18 Å². The highest BCUT2D eigenvalue weighted by Crippen LogP contribution is 2.45. The Morgan fingerprint density at radius 2 is 1.97 bits per heavy atom. The van der Waals surface area contributed by atoms with Gasteiger partial charge in [0.2, 0.25) is 6.79 Å². The van der Waals surface area contributed by atoms with E-state index in [-0.39, 0.29) is 25.2 Å². The van der Waals surface area contributed by atoms with Gasteiger partial charge < -0.3 is 24.4 Å². The molecule has 1 amide bonds. The number of anilines is 1. The number of hydrogen-bond acceptors (Lipinski definition) is 6. The Balaban J connectivity index is 1.37. The molecule has 0 bridgehead atoms. The molecular formula is C24H22F3N3O4. The molecule has 0 aromatic heterocycles. The van der Waals surface area contributed by atoms with Gasteiger partial charge in [0.1, 0.15) is 0 Å². The maximum absolute atomic E-state index is 13.5. The fourth-order valence-electron chi connectivity index (χ4n) is 5.20. The van der Waals surface area contributed by atoms with E-state index in [0.717, 1.165) is 6.07 Å². The molecule has 2 saturated heterocycles. The summed E-state index contributed by atoms with van der Waals surface area (Å²) in [5, 5.41) is 19.3. The Kier molecular flexibility index (Phi) is 5.32. The molecule has 34 heavy (non-hydrogen) atoms. The zero-order chi connectivity index (χ0) is 24.1. The number of rotatable bonds is 3.